The first kappa shape index (κ1) is 22.3. The molecule has 33 heavy (non-hydrogen) atoms. The van der Waals surface area contributed by atoms with Crippen molar-refractivity contribution in [3.63, 3.8) is 0 Å². The summed E-state index contributed by atoms with van der Waals surface area (Å²) in [5.74, 6) is 0.526. The Morgan fingerprint density at radius 1 is 1.15 bits per heavy atom. The summed E-state index contributed by atoms with van der Waals surface area (Å²) < 4.78 is 21.3. The van der Waals surface area contributed by atoms with E-state index in [2.05, 4.69) is 35.3 Å². The molecule has 3 N–H and O–H groups in total. The number of aromatic amines is 2. The molecule has 0 saturated carbocycles. The molecule has 0 spiro atoms. The van der Waals surface area contributed by atoms with Crippen LogP contribution in [-0.2, 0) is 7.05 Å². The van der Waals surface area contributed by atoms with Gasteiger partial charge in [0.05, 0.1) is 29.9 Å². The van der Waals surface area contributed by atoms with E-state index in [1.807, 2.05) is 6.92 Å². The van der Waals surface area contributed by atoms with Gasteiger partial charge < -0.3 is 20.0 Å². The van der Waals surface area contributed by atoms with Gasteiger partial charge in [0.25, 0.3) is 5.56 Å². The van der Waals surface area contributed by atoms with Crippen LogP contribution in [0.25, 0.3) is 33.5 Å². The van der Waals surface area contributed by atoms with Gasteiger partial charge >= 0.3 is 0 Å². The molecule has 0 aliphatic heterocycles. The molecule has 10 nitrogen and oxygen atoms in total. The van der Waals surface area contributed by atoms with E-state index in [-0.39, 0.29) is 36.4 Å². The van der Waals surface area contributed by atoms with E-state index in [1.165, 1.54) is 13.2 Å². The van der Waals surface area contributed by atoms with Gasteiger partial charge in [-0.1, -0.05) is 0 Å². The van der Waals surface area contributed by atoms with Crippen LogP contribution in [0.5, 0.6) is 5.75 Å². The largest absolute Gasteiger partial charge is 0.497 e. The first-order valence-electron chi connectivity index (χ1n) is 9.81. The lowest BCUT2D eigenvalue weighted by Crippen LogP contribution is -2.17. The van der Waals surface area contributed by atoms with Crippen LogP contribution in [0, 0.1) is 5.82 Å². The lowest BCUT2D eigenvalue weighted by Gasteiger charge is -2.16. The number of halogens is 1. The number of nitrogens with zero attached hydrogens (tertiary/aromatic N) is 5. The SMILES string of the molecule is COc1cc(F)c2nc(-c3c(N[C@@H](C)c4ncccn4)c4nn(C)cc4[nH]c3=O)[nH]c2c1.S. The van der Waals surface area contributed by atoms with Gasteiger partial charge in [-0.2, -0.15) is 18.6 Å². The molecule has 12 heteroatoms. The molecule has 0 bridgehead atoms. The summed E-state index contributed by atoms with van der Waals surface area (Å²) in [7, 11) is 3.21. The Balaban J connectivity index is 0.00000259. The van der Waals surface area contributed by atoms with Gasteiger partial charge in [-0.15, -0.1) is 0 Å². The zero-order valence-corrected chi connectivity index (χ0v) is 19.0. The van der Waals surface area contributed by atoms with Crippen molar-refractivity contribution in [2.75, 3.05) is 12.4 Å². The second-order valence-corrected chi connectivity index (χ2v) is 7.33. The average molecular weight is 469 g/mol. The number of methoxy groups -OCH3 is 1. The third-order valence-corrected chi connectivity index (χ3v) is 5.11. The molecule has 0 aliphatic rings. The number of hydrogen-bond acceptors (Lipinski definition) is 7. The van der Waals surface area contributed by atoms with Gasteiger partial charge in [-0.25, -0.2) is 19.3 Å². The summed E-state index contributed by atoms with van der Waals surface area (Å²) in [6.45, 7) is 1.87. The Kier molecular flexibility index (Phi) is 5.77. The van der Waals surface area contributed by atoms with Crippen LogP contribution in [0.2, 0.25) is 0 Å². The fourth-order valence-electron chi connectivity index (χ4n) is 3.65. The minimum atomic E-state index is -0.558. The first-order chi connectivity index (χ1) is 15.4. The summed E-state index contributed by atoms with van der Waals surface area (Å²) in [6, 6.07) is 4.25. The summed E-state index contributed by atoms with van der Waals surface area (Å²) in [4.78, 5) is 31.9. The van der Waals surface area contributed by atoms with Crippen LogP contribution in [-0.4, -0.2) is 41.8 Å². The fraction of sp³-hybridized carbons (Fsp3) is 0.190. The normalized spacial score (nSPS) is 12.0. The van der Waals surface area contributed by atoms with Crippen molar-refractivity contribution in [2.24, 2.45) is 7.05 Å². The molecule has 0 radical (unpaired) electrons. The maximum atomic E-state index is 14.6. The van der Waals surface area contributed by atoms with E-state index in [1.54, 1.807) is 42.5 Å². The Labute approximate surface area is 193 Å². The third-order valence-electron chi connectivity index (χ3n) is 5.11. The Hall–Kier alpha value is -3.93. The van der Waals surface area contributed by atoms with Gasteiger partial charge in [0.2, 0.25) is 0 Å². The average Bonchev–Trinajstić information content (AvgIpc) is 3.37. The van der Waals surface area contributed by atoms with E-state index < -0.39 is 11.4 Å². The zero-order valence-electron chi connectivity index (χ0n) is 18.0. The fourth-order valence-corrected chi connectivity index (χ4v) is 3.65. The first-order valence-corrected chi connectivity index (χ1v) is 9.81. The molecule has 0 fully saturated rings. The van der Waals surface area contributed by atoms with Crippen molar-refractivity contribution in [1.29, 1.82) is 0 Å². The van der Waals surface area contributed by atoms with Gasteiger partial charge in [0.1, 0.15) is 34.0 Å². The predicted molar refractivity (Wildman–Crippen MR) is 127 cm³/mol. The van der Waals surface area contributed by atoms with Gasteiger partial charge in [-0.05, 0) is 13.0 Å². The summed E-state index contributed by atoms with van der Waals surface area (Å²) in [6.07, 6.45) is 4.99. The number of aromatic nitrogens is 7. The van der Waals surface area contributed by atoms with Crippen molar-refractivity contribution >= 4 is 41.2 Å². The molecule has 0 amide bonds. The number of hydrogen-bond donors (Lipinski definition) is 3. The highest BCUT2D eigenvalue weighted by Crippen LogP contribution is 2.33. The topological polar surface area (TPSA) is 126 Å². The molecular formula is C21H21FN8O2S. The lowest BCUT2D eigenvalue weighted by molar-refractivity contribution is 0.412. The zero-order chi connectivity index (χ0) is 22.4. The van der Waals surface area contributed by atoms with Crippen LogP contribution >= 0.6 is 13.5 Å². The number of aryl methyl sites for hydroxylation is 1. The molecule has 1 atom stereocenters. The Morgan fingerprint density at radius 2 is 1.91 bits per heavy atom. The molecular weight excluding hydrogens is 447 g/mol. The van der Waals surface area contributed by atoms with E-state index in [4.69, 9.17) is 4.74 Å². The number of pyridine rings is 1. The standard InChI is InChI=1S/C21H19FN8O2.H2S/c1-10(19-23-5-4-6-24-19)25-18-15(21(31)27-14-9-30(2)29-17(14)18)20-26-13-8-11(32-3)7-12(22)16(13)28-20;/h4-10,25H,1-3H3,(H,26,28)(H,27,31);1H2/t10-;/m0./s1. The van der Waals surface area contributed by atoms with E-state index in [0.717, 1.165) is 0 Å². The highest BCUT2D eigenvalue weighted by molar-refractivity contribution is 7.59. The number of H-pyrrole nitrogens is 2. The van der Waals surface area contributed by atoms with Crippen molar-refractivity contribution in [2.45, 2.75) is 13.0 Å². The Morgan fingerprint density at radius 3 is 2.64 bits per heavy atom. The van der Waals surface area contributed by atoms with Crippen LogP contribution in [0.15, 0.2) is 41.6 Å². The molecule has 1 aromatic carbocycles. The number of fused-ring (bicyclic) bond motifs is 2. The number of anilines is 1. The second-order valence-electron chi connectivity index (χ2n) is 7.33. The van der Waals surface area contributed by atoms with E-state index in [9.17, 15) is 9.18 Å². The number of benzene rings is 1. The summed E-state index contributed by atoms with van der Waals surface area (Å²) in [5.41, 5.74) is 1.83. The molecule has 0 saturated heterocycles. The Bertz CT molecular complexity index is 1510. The van der Waals surface area contributed by atoms with Crippen molar-refractivity contribution in [3.8, 4) is 17.1 Å². The molecule has 4 heterocycles. The van der Waals surface area contributed by atoms with Gasteiger partial charge in [0, 0.05) is 37.8 Å². The monoisotopic (exact) mass is 468 g/mol. The lowest BCUT2D eigenvalue weighted by atomic mass is 10.1. The summed E-state index contributed by atoms with van der Waals surface area (Å²) in [5, 5.41) is 7.80. The molecule has 0 aliphatic carbocycles. The maximum absolute atomic E-state index is 14.6. The molecule has 5 aromatic rings. The van der Waals surface area contributed by atoms with Crippen LogP contribution in [0.4, 0.5) is 10.1 Å². The third kappa shape index (κ3) is 3.89. The predicted octanol–water partition coefficient (Wildman–Crippen LogP) is 3.03. The summed E-state index contributed by atoms with van der Waals surface area (Å²) >= 11 is 0. The maximum Gasteiger partial charge on any atom is 0.261 e. The number of nitrogens with one attached hydrogen (secondary N) is 3. The van der Waals surface area contributed by atoms with Crippen LogP contribution in [0.3, 0.4) is 0 Å². The number of ether oxygens (including phenoxy) is 1. The highest BCUT2D eigenvalue weighted by Gasteiger charge is 2.23. The smallest absolute Gasteiger partial charge is 0.261 e. The van der Waals surface area contributed by atoms with Crippen LogP contribution in [0.1, 0.15) is 18.8 Å². The highest BCUT2D eigenvalue weighted by atomic mass is 32.1. The number of rotatable bonds is 5. The minimum Gasteiger partial charge on any atom is -0.497 e. The van der Waals surface area contributed by atoms with Crippen molar-refractivity contribution in [1.82, 2.24) is 34.7 Å². The molecule has 4 aromatic heterocycles. The quantitative estimate of drug-likeness (QED) is 0.362. The van der Waals surface area contributed by atoms with Gasteiger partial charge in [0.15, 0.2) is 5.82 Å². The molecule has 170 valence electrons. The van der Waals surface area contributed by atoms with Crippen LogP contribution < -0.4 is 15.6 Å². The second kappa shape index (κ2) is 8.54. The molecule has 0 unspecified atom stereocenters. The minimum absolute atomic E-state index is 0. The van der Waals surface area contributed by atoms with E-state index >= 15 is 0 Å². The van der Waals surface area contributed by atoms with Crippen molar-refractivity contribution < 1.29 is 9.13 Å². The van der Waals surface area contributed by atoms with Gasteiger partial charge in [-0.3, -0.25) is 9.48 Å². The molecule has 5 rings (SSSR count). The van der Waals surface area contributed by atoms with Crippen molar-refractivity contribution in [3.05, 3.63) is 58.8 Å². The van der Waals surface area contributed by atoms with E-state index in [0.29, 0.717) is 33.8 Å². The number of imidazole rings is 1.